The van der Waals surface area contributed by atoms with E-state index in [9.17, 15) is 0 Å². The molecule has 0 saturated carbocycles. The summed E-state index contributed by atoms with van der Waals surface area (Å²) in [6.07, 6.45) is 2.36. The van der Waals surface area contributed by atoms with E-state index in [1.54, 1.807) is 0 Å². The number of ether oxygens (including phenoxy) is 1. The van der Waals surface area contributed by atoms with Gasteiger partial charge in [0, 0.05) is 19.2 Å². The Morgan fingerprint density at radius 2 is 1.95 bits per heavy atom. The molecule has 4 heteroatoms. The van der Waals surface area contributed by atoms with E-state index in [0.717, 1.165) is 25.5 Å². The first kappa shape index (κ1) is 18.2. The number of hydrogen-bond donors (Lipinski definition) is 2. The van der Waals surface area contributed by atoms with Crippen molar-refractivity contribution in [2.45, 2.75) is 60.4 Å². The molecule has 0 rings (SSSR count). The van der Waals surface area contributed by atoms with Crippen LogP contribution in [0.2, 0.25) is 0 Å². The van der Waals surface area contributed by atoms with Crippen molar-refractivity contribution < 1.29 is 4.74 Å². The Morgan fingerprint density at radius 3 is 2.47 bits per heavy atom. The SMILES string of the molecule is CCNC(=NCCOCC)NC(C)CCC(C)(C)C. The zero-order valence-corrected chi connectivity index (χ0v) is 13.7. The second kappa shape index (κ2) is 10.1. The highest BCUT2D eigenvalue weighted by Gasteiger charge is 2.13. The average Bonchev–Trinajstić information content (AvgIpc) is 2.31. The van der Waals surface area contributed by atoms with Gasteiger partial charge >= 0.3 is 0 Å². The minimum Gasteiger partial charge on any atom is -0.380 e. The topological polar surface area (TPSA) is 45.7 Å². The first-order valence-corrected chi connectivity index (χ1v) is 7.51. The van der Waals surface area contributed by atoms with Crippen LogP contribution in [0.1, 0.15) is 54.4 Å². The molecule has 0 spiro atoms. The zero-order valence-electron chi connectivity index (χ0n) is 13.7. The predicted octanol–water partition coefficient (Wildman–Crippen LogP) is 2.79. The van der Waals surface area contributed by atoms with Gasteiger partial charge in [0.2, 0.25) is 0 Å². The van der Waals surface area contributed by atoms with E-state index in [4.69, 9.17) is 4.74 Å². The standard InChI is InChI=1S/C15H33N3O/c1-7-16-14(17-11-12-19-8-2)18-13(3)9-10-15(4,5)6/h13H,7-12H2,1-6H3,(H2,16,17,18). The Hall–Kier alpha value is -0.770. The van der Waals surface area contributed by atoms with E-state index in [0.29, 0.717) is 24.6 Å². The Kier molecular flexibility index (Phi) is 9.66. The molecule has 1 unspecified atom stereocenters. The highest BCUT2D eigenvalue weighted by molar-refractivity contribution is 5.80. The maximum atomic E-state index is 5.30. The maximum Gasteiger partial charge on any atom is 0.191 e. The lowest BCUT2D eigenvalue weighted by molar-refractivity contribution is 0.155. The molecule has 0 bridgehead atoms. The first-order chi connectivity index (χ1) is 8.89. The summed E-state index contributed by atoms with van der Waals surface area (Å²) >= 11 is 0. The van der Waals surface area contributed by atoms with Crippen LogP contribution < -0.4 is 10.6 Å². The fourth-order valence-electron chi connectivity index (χ4n) is 1.64. The Labute approximate surface area is 119 Å². The van der Waals surface area contributed by atoms with Crippen molar-refractivity contribution in [2.24, 2.45) is 10.4 Å². The molecule has 4 nitrogen and oxygen atoms in total. The van der Waals surface area contributed by atoms with Gasteiger partial charge in [0.05, 0.1) is 13.2 Å². The molecule has 0 radical (unpaired) electrons. The molecular formula is C15H33N3O. The summed E-state index contributed by atoms with van der Waals surface area (Å²) in [7, 11) is 0. The molecule has 1 atom stereocenters. The zero-order chi connectivity index (χ0) is 14.7. The molecule has 0 aliphatic heterocycles. The fourth-order valence-corrected chi connectivity index (χ4v) is 1.64. The quantitative estimate of drug-likeness (QED) is 0.405. The normalized spacial score (nSPS) is 14.3. The first-order valence-electron chi connectivity index (χ1n) is 7.51. The second-order valence-corrected chi connectivity index (χ2v) is 6.10. The Morgan fingerprint density at radius 1 is 1.26 bits per heavy atom. The molecule has 114 valence electrons. The monoisotopic (exact) mass is 271 g/mol. The van der Waals surface area contributed by atoms with Crippen LogP contribution in [0.4, 0.5) is 0 Å². The third-order valence-corrected chi connectivity index (χ3v) is 2.76. The molecule has 0 aliphatic rings. The maximum absolute atomic E-state index is 5.30. The van der Waals surface area contributed by atoms with Crippen molar-refractivity contribution in [1.82, 2.24) is 10.6 Å². The van der Waals surface area contributed by atoms with Crippen molar-refractivity contribution in [3.05, 3.63) is 0 Å². The van der Waals surface area contributed by atoms with Gasteiger partial charge in [-0.05, 0) is 39.0 Å². The summed E-state index contributed by atoms with van der Waals surface area (Å²) in [6.45, 7) is 16.2. The van der Waals surface area contributed by atoms with Crippen LogP contribution >= 0.6 is 0 Å². The van der Waals surface area contributed by atoms with Crippen LogP contribution in [0.5, 0.6) is 0 Å². The van der Waals surface area contributed by atoms with E-state index in [-0.39, 0.29) is 0 Å². The lowest BCUT2D eigenvalue weighted by Crippen LogP contribution is -2.42. The van der Waals surface area contributed by atoms with Gasteiger partial charge in [0.25, 0.3) is 0 Å². The molecule has 19 heavy (non-hydrogen) atoms. The lowest BCUT2D eigenvalue weighted by Gasteiger charge is -2.23. The van der Waals surface area contributed by atoms with Crippen LogP contribution in [0.3, 0.4) is 0 Å². The molecule has 0 aromatic heterocycles. The van der Waals surface area contributed by atoms with E-state index in [2.05, 4.69) is 50.2 Å². The van der Waals surface area contributed by atoms with Crippen molar-refractivity contribution in [3.8, 4) is 0 Å². The van der Waals surface area contributed by atoms with Crippen molar-refractivity contribution in [2.75, 3.05) is 26.3 Å². The number of rotatable bonds is 8. The van der Waals surface area contributed by atoms with Gasteiger partial charge in [-0.15, -0.1) is 0 Å². The average molecular weight is 271 g/mol. The summed E-state index contributed by atoms with van der Waals surface area (Å²) in [5.41, 5.74) is 0.389. The van der Waals surface area contributed by atoms with Gasteiger partial charge in [0.1, 0.15) is 0 Å². The summed E-state index contributed by atoms with van der Waals surface area (Å²) in [5.74, 6) is 0.892. The van der Waals surface area contributed by atoms with Crippen LogP contribution in [-0.4, -0.2) is 38.3 Å². The van der Waals surface area contributed by atoms with E-state index >= 15 is 0 Å². The minimum atomic E-state index is 0.389. The number of guanidine groups is 1. The van der Waals surface area contributed by atoms with Gasteiger partial charge in [-0.1, -0.05) is 20.8 Å². The highest BCUT2D eigenvalue weighted by atomic mass is 16.5. The van der Waals surface area contributed by atoms with Gasteiger partial charge in [-0.3, -0.25) is 4.99 Å². The molecule has 2 N–H and O–H groups in total. The van der Waals surface area contributed by atoms with E-state index < -0.39 is 0 Å². The Bertz CT molecular complexity index is 246. The van der Waals surface area contributed by atoms with Crippen molar-refractivity contribution >= 4 is 5.96 Å². The van der Waals surface area contributed by atoms with Crippen LogP contribution in [0.15, 0.2) is 4.99 Å². The minimum absolute atomic E-state index is 0.389. The molecule has 0 aromatic carbocycles. The molecule has 0 aromatic rings. The largest absolute Gasteiger partial charge is 0.380 e. The summed E-state index contributed by atoms with van der Waals surface area (Å²) in [5, 5.41) is 6.72. The van der Waals surface area contributed by atoms with E-state index in [1.807, 2.05) is 6.92 Å². The van der Waals surface area contributed by atoms with Gasteiger partial charge < -0.3 is 15.4 Å². The highest BCUT2D eigenvalue weighted by Crippen LogP contribution is 2.21. The van der Waals surface area contributed by atoms with Gasteiger partial charge in [0.15, 0.2) is 5.96 Å². The van der Waals surface area contributed by atoms with Gasteiger partial charge in [-0.2, -0.15) is 0 Å². The van der Waals surface area contributed by atoms with E-state index in [1.165, 1.54) is 6.42 Å². The molecule has 0 amide bonds. The van der Waals surface area contributed by atoms with Crippen molar-refractivity contribution in [1.29, 1.82) is 0 Å². The number of nitrogens with one attached hydrogen (secondary N) is 2. The predicted molar refractivity (Wildman–Crippen MR) is 83.8 cm³/mol. The summed E-state index contributed by atoms with van der Waals surface area (Å²) in [6, 6.07) is 0.434. The lowest BCUT2D eigenvalue weighted by atomic mass is 9.89. The molecule has 0 aliphatic carbocycles. The molecule has 0 saturated heterocycles. The molecular weight excluding hydrogens is 238 g/mol. The molecule has 0 fully saturated rings. The fraction of sp³-hybridized carbons (Fsp3) is 0.933. The second-order valence-electron chi connectivity index (χ2n) is 6.10. The van der Waals surface area contributed by atoms with Crippen LogP contribution in [0.25, 0.3) is 0 Å². The summed E-state index contributed by atoms with van der Waals surface area (Å²) < 4.78 is 5.30. The van der Waals surface area contributed by atoms with Gasteiger partial charge in [-0.25, -0.2) is 0 Å². The number of aliphatic imine (C=N–C) groups is 1. The summed E-state index contributed by atoms with van der Waals surface area (Å²) in [4.78, 5) is 4.50. The Balaban J connectivity index is 4.09. The third-order valence-electron chi connectivity index (χ3n) is 2.76. The van der Waals surface area contributed by atoms with Crippen LogP contribution in [0, 0.1) is 5.41 Å². The number of hydrogen-bond acceptors (Lipinski definition) is 2. The number of nitrogens with zero attached hydrogens (tertiary/aromatic N) is 1. The molecule has 0 heterocycles. The smallest absolute Gasteiger partial charge is 0.191 e. The third kappa shape index (κ3) is 12.0. The van der Waals surface area contributed by atoms with Crippen LogP contribution in [-0.2, 0) is 4.74 Å². The van der Waals surface area contributed by atoms with Crippen molar-refractivity contribution in [3.63, 3.8) is 0 Å².